The van der Waals surface area contributed by atoms with E-state index >= 15 is 0 Å². The van der Waals surface area contributed by atoms with Gasteiger partial charge in [-0.05, 0) is 12.0 Å². The molecule has 0 aliphatic heterocycles. The van der Waals surface area contributed by atoms with Gasteiger partial charge in [-0.15, -0.1) is 0 Å². The second kappa shape index (κ2) is 6.24. The van der Waals surface area contributed by atoms with Crippen molar-refractivity contribution >= 4 is 17.3 Å². The zero-order valence-corrected chi connectivity index (χ0v) is 10.7. The highest BCUT2D eigenvalue weighted by atomic mass is 19.1. The minimum Gasteiger partial charge on any atom is -0.330 e. The summed E-state index contributed by atoms with van der Waals surface area (Å²) in [6, 6.07) is 3.06. The van der Waals surface area contributed by atoms with Crippen LogP contribution in [-0.2, 0) is 4.79 Å². The van der Waals surface area contributed by atoms with E-state index in [9.17, 15) is 19.3 Å². The number of nitrogens with two attached hydrogens (primary N) is 1. The van der Waals surface area contributed by atoms with Crippen molar-refractivity contribution in [2.75, 3.05) is 11.9 Å². The predicted octanol–water partition coefficient (Wildman–Crippen LogP) is 1.90. The van der Waals surface area contributed by atoms with Crippen molar-refractivity contribution in [3.05, 3.63) is 34.1 Å². The van der Waals surface area contributed by atoms with Gasteiger partial charge in [0.25, 0.3) is 5.69 Å². The van der Waals surface area contributed by atoms with Gasteiger partial charge in [0.2, 0.25) is 5.91 Å². The van der Waals surface area contributed by atoms with Crippen molar-refractivity contribution in [3.63, 3.8) is 0 Å². The lowest BCUT2D eigenvalue weighted by atomic mass is 9.95. The van der Waals surface area contributed by atoms with E-state index in [0.717, 1.165) is 12.1 Å². The molecule has 1 amide bonds. The molecule has 1 unspecified atom stereocenters. The average molecular weight is 269 g/mol. The van der Waals surface area contributed by atoms with Crippen molar-refractivity contribution in [2.45, 2.75) is 13.8 Å². The Kier molecular flexibility index (Phi) is 4.94. The molecule has 1 rings (SSSR count). The van der Waals surface area contributed by atoms with Crippen LogP contribution in [0, 0.1) is 27.8 Å². The standard InChI is InChI=1S/C12H16FN3O3/c1-7(2)9(6-14)12(17)15-11-4-3-8(16(18)19)5-10(11)13/h3-5,7,9H,6,14H2,1-2H3,(H,15,17). The number of benzene rings is 1. The second-order valence-corrected chi connectivity index (χ2v) is 4.50. The molecule has 0 fully saturated rings. The lowest BCUT2D eigenvalue weighted by Crippen LogP contribution is -2.33. The van der Waals surface area contributed by atoms with Crippen molar-refractivity contribution in [2.24, 2.45) is 17.6 Å². The summed E-state index contributed by atoms with van der Waals surface area (Å²) in [6.45, 7) is 3.82. The van der Waals surface area contributed by atoms with Crippen LogP contribution in [0.15, 0.2) is 18.2 Å². The summed E-state index contributed by atoms with van der Waals surface area (Å²) in [4.78, 5) is 21.6. The fourth-order valence-electron chi connectivity index (χ4n) is 1.63. The second-order valence-electron chi connectivity index (χ2n) is 4.50. The minimum atomic E-state index is -0.845. The van der Waals surface area contributed by atoms with Gasteiger partial charge in [0.1, 0.15) is 0 Å². The van der Waals surface area contributed by atoms with Gasteiger partial charge < -0.3 is 11.1 Å². The predicted molar refractivity (Wildman–Crippen MR) is 69.1 cm³/mol. The number of anilines is 1. The largest absolute Gasteiger partial charge is 0.330 e. The topological polar surface area (TPSA) is 98.3 Å². The molecule has 19 heavy (non-hydrogen) atoms. The van der Waals surface area contributed by atoms with Crippen molar-refractivity contribution < 1.29 is 14.1 Å². The molecular weight excluding hydrogens is 253 g/mol. The molecule has 0 heterocycles. The van der Waals surface area contributed by atoms with Crippen molar-refractivity contribution in [1.82, 2.24) is 0 Å². The fourth-order valence-corrected chi connectivity index (χ4v) is 1.63. The van der Waals surface area contributed by atoms with E-state index in [0.29, 0.717) is 0 Å². The number of hydrogen-bond acceptors (Lipinski definition) is 4. The Hall–Kier alpha value is -2.02. The molecule has 104 valence electrons. The molecule has 1 aromatic carbocycles. The molecule has 0 spiro atoms. The highest BCUT2D eigenvalue weighted by molar-refractivity contribution is 5.93. The van der Waals surface area contributed by atoms with Gasteiger partial charge in [0.15, 0.2) is 5.82 Å². The van der Waals surface area contributed by atoms with Crippen LogP contribution < -0.4 is 11.1 Å². The Morgan fingerprint density at radius 3 is 2.58 bits per heavy atom. The molecule has 1 aromatic rings. The summed E-state index contributed by atoms with van der Waals surface area (Å²) in [5.74, 6) is -1.66. The zero-order valence-electron chi connectivity index (χ0n) is 10.7. The summed E-state index contributed by atoms with van der Waals surface area (Å²) in [5.41, 5.74) is 5.03. The van der Waals surface area contributed by atoms with E-state index < -0.39 is 22.6 Å². The number of nitro groups is 1. The van der Waals surface area contributed by atoms with Gasteiger partial charge in [-0.3, -0.25) is 14.9 Å². The van der Waals surface area contributed by atoms with E-state index in [1.807, 2.05) is 13.8 Å². The average Bonchev–Trinajstić information content (AvgIpc) is 2.31. The highest BCUT2D eigenvalue weighted by Gasteiger charge is 2.22. The summed E-state index contributed by atoms with van der Waals surface area (Å²) in [6.07, 6.45) is 0. The van der Waals surface area contributed by atoms with Crippen LogP contribution in [0.2, 0.25) is 0 Å². The third-order valence-electron chi connectivity index (χ3n) is 2.82. The molecule has 3 N–H and O–H groups in total. The van der Waals surface area contributed by atoms with E-state index in [1.165, 1.54) is 6.07 Å². The lowest BCUT2D eigenvalue weighted by molar-refractivity contribution is -0.385. The first-order chi connectivity index (χ1) is 8.86. The first-order valence-corrected chi connectivity index (χ1v) is 5.81. The van der Waals surface area contributed by atoms with Crippen LogP contribution in [0.5, 0.6) is 0 Å². The molecule has 6 nitrogen and oxygen atoms in total. The molecule has 1 atom stereocenters. The number of halogens is 1. The van der Waals surface area contributed by atoms with Gasteiger partial charge in [-0.25, -0.2) is 4.39 Å². The molecular formula is C12H16FN3O3. The first-order valence-electron chi connectivity index (χ1n) is 5.81. The quantitative estimate of drug-likeness (QED) is 0.630. The molecule has 0 aliphatic rings. The number of amides is 1. The molecule has 0 bridgehead atoms. The van der Waals surface area contributed by atoms with Crippen LogP contribution in [0.1, 0.15) is 13.8 Å². The van der Waals surface area contributed by atoms with E-state index in [1.54, 1.807) is 0 Å². The Morgan fingerprint density at radius 2 is 2.16 bits per heavy atom. The SMILES string of the molecule is CC(C)C(CN)C(=O)Nc1ccc([N+](=O)[O-])cc1F. The lowest BCUT2D eigenvalue weighted by Gasteiger charge is -2.18. The van der Waals surface area contributed by atoms with Gasteiger partial charge in [-0.1, -0.05) is 13.8 Å². The number of rotatable bonds is 5. The molecule has 0 saturated heterocycles. The van der Waals surface area contributed by atoms with E-state index in [2.05, 4.69) is 5.32 Å². The van der Waals surface area contributed by atoms with E-state index in [-0.39, 0.29) is 23.8 Å². The number of nitrogens with one attached hydrogen (secondary N) is 1. The number of carbonyl (C=O) groups is 1. The Morgan fingerprint density at radius 1 is 1.53 bits per heavy atom. The maximum atomic E-state index is 13.6. The summed E-state index contributed by atoms with van der Waals surface area (Å²) in [5, 5.41) is 12.9. The molecule has 7 heteroatoms. The van der Waals surface area contributed by atoms with Gasteiger partial charge >= 0.3 is 0 Å². The summed E-state index contributed by atoms with van der Waals surface area (Å²) in [7, 11) is 0. The van der Waals surface area contributed by atoms with E-state index in [4.69, 9.17) is 5.73 Å². The third-order valence-corrected chi connectivity index (χ3v) is 2.82. The number of nitrogens with zero attached hydrogens (tertiary/aromatic N) is 1. The van der Waals surface area contributed by atoms with Gasteiger partial charge in [-0.2, -0.15) is 0 Å². The minimum absolute atomic E-state index is 0.0195. The van der Waals surface area contributed by atoms with Crippen LogP contribution in [0.3, 0.4) is 0 Å². The zero-order chi connectivity index (χ0) is 14.6. The first kappa shape index (κ1) is 15.0. The number of non-ortho nitro benzene ring substituents is 1. The normalized spacial score (nSPS) is 12.3. The number of nitro benzene ring substituents is 1. The highest BCUT2D eigenvalue weighted by Crippen LogP contribution is 2.21. The van der Waals surface area contributed by atoms with Crippen LogP contribution in [0.25, 0.3) is 0 Å². The van der Waals surface area contributed by atoms with Gasteiger partial charge in [0.05, 0.1) is 22.6 Å². The molecule has 0 aliphatic carbocycles. The smallest absolute Gasteiger partial charge is 0.272 e. The Balaban J connectivity index is 2.88. The number of hydrogen-bond donors (Lipinski definition) is 2. The Bertz CT molecular complexity index is 491. The molecule has 0 saturated carbocycles. The third kappa shape index (κ3) is 3.72. The molecule has 0 aromatic heterocycles. The summed E-state index contributed by atoms with van der Waals surface area (Å²) < 4.78 is 13.6. The van der Waals surface area contributed by atoms with Crippen LogP contribution in [-0.4, -0.2) is 17.4 Å². The van der Waals surface area contributed by atoms with Crippen molar-refractivity contribution in [3.8, 4) is 0 Å². The summed E-state index contributed by atoms with van der Waals surface area (Å²) >= 11 is 0. The maximum Gasteiger partial charge on any atom is 0.272 e. The fraction of sp³-hybridized carbons (Fsp3) is 0.417. The van der Waals surface area contributed by atoms with Crippen molar-refractivity contribution in [1.29, 1.82) is 0 Å². The monoisotopic (exact) mass is 269 g/mol. The van der Waals surface area contributed by atoms with Crippen LogP contribution >= 0.6 is 0 Å². The maximum absolute atomic E-state index is 13.6. The number of carbonyl (C=O) groups excluding carboxylic acids is 1. The van der Waals surface area contributed by atoms with Gasteiger partial charge in [0, 0.05) is 12.6 Å². The van der Waals surface area contributed by atoms with Crippen LogP contribution in [0.4, 0.5) is 15.8 Å². The molecule has 0 radical (unpaired) electrons. The Labute approximate surface area is 109 Å².